The van der Waals surface area contributed by atoms with Crippen molar-refractivity contribution in [3.8, 4) is 5.75 Å². The summed E-state index contributed by atoms with van der Waals surface area (Å²) in [7, 11) is -1.96. The first kappa shape index (κ1) is 18.7. The van der Waals surface area contributed by atoms with Crippen molar-refractivity contribution in [1.29, 1.82) is 0 Å². The van der Waals surface area contributed by atoms with Gasteiger partial charge in [0.2, 0.25) is 0 Å². The van der Waals surface area contributed by atoms with E-state index in [0.29, 0.717) is 18.1 Å². The summed E-state index contributed by atoms with van der Waals surface area (Å²) in [6.07, 6.45) is 2.32. The zero-order chi connectivity index (χ0) is 19.1. The van der Waals surface area contributed by atoms with Crippen molar-refractivity contribution in [3.63, 3.8) is 0 Å². The van der Waals surface area contributed by atoms with Crippen LogP contribution < -0.4 is 14.8 Å². The molecule has 0 fully saturated rings. The van der Waals surface area contributed by atoms with Crippen LogP contribution in [0, 0.1) is 0 Å². The number of benzene rings is 2. The van der Waals surface area contributed by atoms with Crippen LogP contribution in [0.4, 0.5) is 11.5 Å². The SMILES string of the molecule is COc1cccc(CCNc2ccc(NS(=O)(=O)c3ccccc3)cn2)c1. The lowest BCUT2D eigenvalue weighted by molar-refractivity contribution is 0.414. The molecule has 140 valence electrons. The number of nitrogens with zero attached hydrogens (tertiary/aromatic N) is 1. The summed E-state index contributed by atoms with van der Waals surface area (Å²) in [5, 5.41) is 3.22. The quantitative estimate of drug-likeness (QED) is 0.622. The molecule has 3 aromatic rings. The van der Waals surface area contributed by atoms with Gasteiger partial charge in [0.1, 0.15) is 11.6 Å². The molecule has 0 aliphatic heterocycles. The predicted octanol–water partition coefficient (Wildman–Crippen LogP) is 3.55. The van der Waals surface area contributed by atoms with E-state index >= 15 is 0 Å². The number of nitrogens with one attached hydrogen (secondary N) is 2. The van der Waals surface area contributed by atoms with E-state index < -0.39 is 10.0 Å². The van der Waals surface area contributed by atoms with Gasteiger partial charge in [-0.2, -0.15) is 0 Å². The van der Waals surface area contributed by atoms with Gasteiger partial charge in [-0.05, 0) is 48.4 Å². The van der Waals surface area contributed by atoms with Crippen LogP contribution in [0.5, 0.6) is 5.75 Å². The van der Waals surface area contributed by atoms with Gasteiger partial charge >= 0.3 is 0 Å². The minimum atomic E-state index is -3.61. The van der Waals surface area contributed by atoms with E-state index in [2.05, 4.69) is 15.0 Å². The van der Waals surface area contributed by atoms with Crippen LogP contribution in [0.25, 0.3) is 0 Å². The van der Waals surface area contributed by atoms with Gasteiger partial charge in [-0.15, -0.1) is 0 Å². The molecule has 0 saturated heterocycles. The van der Waals surface area contributed by atoms with Crippen molar-refractivity contribution in [2.45, 2.75) is 11.3 Å². The molecular formula is C20H21N3O3S. The second-order valence-electron chi connectivity index (χ2n) is 5.88. The topological polar surface area (TPSA) is 80.3 Å². The highest BCUT2D eigenvalue weighted by molar-refractivity contribution is 7.92. The first-order valence-electron chi connectivity index (χ1n) is 8.47. The van der Waals surface area contributed by atoms with Crippen molar-refractivity contribution in [1.82, 2.24) is 4.98 Å². The number of hydrogen-bond donors (Lipinski definition) is 2. The fraction of sp³-hybridized carbons (Fsp3) is 0.150. The van der Waals surface area contributed by atoms with Crippen LogP contribution in [0.2, 0.25) is 0 Å². The highest BCUT2D eigenvalue weighted by Crippen LogP contribution is 2.17. The molecule has 0 aliphatic rings. The summed E-state index contributed by atoms with van der Waals surface area (Å²) in [4.78, 5) is 4.47. The maximum Gasteiger partial charge on any atom is 0.261 e. The van der Waals surface area contributed by atoms with E-state index in [0.717, 1.165) is 17.7 Å². The Balaban J connectivity index is 1.56. The summed E-state index contributed by atoms with van der Waals surface area (Å²) in [6, 6.07) is 19.6. The van der Waals surface area contributed by atoms with Crippen molar-refractivity contribution in [2.75, 3.05) is 23.7 Å². The number of sulfonamides is 1. The first-order chi connectivity index (χ1) is 13.1. The number of rotatable bonds is 8. The van der Waals surface area contributed by atoms with Crippen molar-refractivity contribution < 1.29 is 13.2 Å². The minimum Gasteiger partial charge on any atom is -0.497 e. The second kappa shape index (κ2) is 8.55. The Kier molecular flexibility index (Phi) is 5.93. The minimum absolute atomic E-state index is 0.213. The Bertz CT molecular complexity index is 975. The van der Waals surface area contributed by atoms with Crippen molar-refractivity contribution in [2.24, 2.45) is 0 Å². The Morgan fingerprint density at radius 2 is 1.81 bits per heavy atom. The van der Waals surface area contributed by atoms with Crippen LogP contribution in [-0.4, -0.2) is 27.1 Å². The third-order valence-corrected chi connectivity index (χ3v) is 5.32. The van der Waals surface area contributed by atoms with Crippen LogP contribution in [0.15, 0.2) is 77.8 Å². The average Bonchev–Trinajstić information content (AvgIpc) is 2.70. The Hall–Kier alpha value is -3.06. The number of aromatic nitrogens is 1. The average molecular weight is 383 g/mol. The molecule has 7 heteroatoms. The third kappa shape index (κ3) is 5.21. The van der Waals surface area contributed by atoms with E-state index in [9.17, 15) is 8.42 Å². The van der Waals surface area contributed by atoms with Gasteiger partial charge in [0, 0.05) is 6.54 Å². The molecule has 0 bridgehead atoms. The molecule has 1 heterocycles. The summed E-state index contributed by atoms with van der Waals surface area (Å²) in [5.74, 6) is 1.52. The molecule has 0 radical (unpaired) electrons. The lowest BCUT2D eigenvalue weighted by Crippen LogP contribution is -2.13. The van der Waals surface area contributed by atoms with Gasteiger partial charge in [-0.25, -0.2) is 13.4 Å². The monoisotopic (exact) mass is 383 g/mol. The molecule has 0 amide bonds. The Labute approximate surface area is 159 Å². The Morgan fingerprint density at radius 1 is 1.00 bits per heavy atom. The van der Waals surface area contributed by atoms with Crippen LogP contribution in [0.3, 0.4) is 0 Å². The van der Waals surface area contributed by atoms with Crippen LogP contribution >= 0.6 is 0 Å². The first-order valence-corrected chi connectivity index (χ1v) is 9.96. The van der Waals surface area contributed by atoms with Gasteiger partial charge in [-0.1, -0.05) is 30.3 Å². The highest BCUT2D eigenvalue weighted by Gasteiger charge is 2.13. The summed E-state index contributed by atoms with van der Waals surface area (Å²) < 4.78 is 32.3. The van der Waals surface area contributed by atoms with Crippen LogP contribution in [0.1, 0.15) is 5.56 Å². The molecule has 0 spiro atoms. The van der Waals surface area contributed by atoms with E-state index in [1.54, 1.807) is 49.6 Å². The lowest BCUT2D eigenvalue weighted by Gasteiger charge is -2.10. The summed E-state index contributed by atoms with van der Waals surface area (Å²) >= 11 is 0. The van der Waals surface area contributed by atoms with E-state index in [1.807, 2.05) is 24.3 Å². The van der Waals surface area contributed by atoms with Gasteiger partial charge in [0.05, 0.1) is 23.9 Å². The molecule has 3 rings (SSSR count). The number of methoxy groups -OCH3 is 1. The molecule has 6 nitrogen and oxygen atoms in total. The second-order valence-corrected chi connectivity index (χ2v) is 7.56. The molecule has 0 unspecified atom stereocenters. The van der Waals surface area contributed by atoms with Gasteiger partial charge in [0.25, 0.3) is 10.0 Å². The predicted molar refractivity (Wildman–Crippen MR) is 107 cm³/mol. The van der Waals surface area contributed by atoms with Crippen molar-refractivity contribution in [3.05, 3.63) is 78.5 Å². The fourth-order valence-corrected chi connectivity index (χ4v) is 3.60. The molecule has 0 aliphatic carbocycles. The van der Waals surface area contributed by atoms with Gasteiger partial charge < -0.3 is 10.1 Å². The third-order valence-electron chi connectivity index (χ3n) is 3.92. The van der Waals surface area contributed by atoms with Gasteiger partial charge in [-0.3, -0.25) is 4.72 Å². The maximum absolute atomic E-state index is 12.3. The molecule has 2 aromatic carbocycles. The molecule has 1 aromatic heterocycles. The van der Waals surface area contributed by atoms with E-state index in [1.165, 1.54) is 6.20 Å². The number of hydrogen-bond acceptors (Lipinski definition) is 5. The smallest absolute Gasteiger partial charge is 0.261 e. The summed E-state index contributed by atoms with van der Waals surface area (Å²) in [5.41, 5.74) is 1.58. The number of anilines is 2. The molecule has 27 heavy (non-hydrogen) atoms. The van der Waals surface area contributed by atoms with E-state index in [4.69, 9.17) is 4.74 Å². The van der Waals surface area contributed by atoms with Crippen LogP contribution in [-0.2, 0) is 16.4 Å². The zero-order valence-electron chi connectivity index (χ0n) is 14.9. The Morgan fingerprint density at radius 3 is 2.52 bits per heavy atom. The molecule has 0 atom stereocenters. The fourth-order valence-electron chi connectivity index (χ4n) is 2.54. The number of pyridine rings is 1. The van der Waals surface area contributed by atoms with E-state index in [-0.39, 0.29) is 4.90 Å². The normalized spacial score (nSPS) is 11.0. The standard InChI is InChI=1S/C20H21N3O3S/c1-26-18-7-5-6-16(14-18)12-13-21-20-11-10-17(15-22-20)23-27(24,25)19-8-3-2-4-9-19/h2-11,14-15,23H,12-13H2,1H3,(H,21,22). The molecule has 2 N–H and O–H groups in total. The zero-order valence-corrected chi connectivity index (χ0v) is 15.7. The molecule has 0 saturated carbocycles. The van der Waals surface area contributed by atoms with Gasteiger partial charge in [0.15, 0.2) is 0 Å². The maximum atomic E-state index is 12.3. The molecular weight excluding hydrogens is 362 g/mol. The highest BCUT2D eigenvalue weighted by atomic mass is 32.2. The summed E-state index contributed by atoms with van der Waals surface area (Å²) in [6.45, 7) is 0.704. The van der Waals surface area contributed by atoms with Crippen molar-refractivity contribution >= 4 is 21.5 Å². The largest absolute Gasteiger partial charge is 0.497 e. The number of ether oxygens (including phenoxy) is 1. The lowest BCUT2D eigenvalue weighted by atomic mass is 10.1.